The molecule has 0 unspecified atom stereocenters. The van der Waals surface area contributed by atoms with Crippen LogP contribution in [-0.2, 0) is 4.79 Å². The molecule has 1 amide bonds. The van der Waals surface area contributed by atoms with Crippen molar-refractivity contribution in [3.8, 4) is 5.75 Å². The highest BCUT2D eigenvalue weighted by molar-refractivity contribution is 6.09. The largest absolute Gasteiger partial charge is 0.508 e. The van der Waals surface area contributed by atoms with Crippen LogP contribution in [0.4, 0.5) is 5.69 Å². The number of carbonyl (C=O) groups is 2. The number of hydrogen-bond acceptors (Lipinski definition) is 3. The highest BCUT2D eigenvalue weighted by Gasteiger charge is 2.19. The molecule has 0 aromatic heterocycles. The molecule has 1 heterocycles. The van der Waals surface area contributed by atoms with Crippen LogP contribution >= 0.6 is 0 Å². The first-order chi connectivity index (χ1) is 6.66. The van der Waals surface area contributed by atoms with Gasteiger partial charge in [-0.25, -0.2) is 0 Å². The van der Waals surface area contributed by atoms with Crippen LogP contribution in [0.1, 0.15) is 23.2 Å². The molecule has 2 N–H and O–H groups in total. The highest BCUT2D eigenvalue weighted by atomic mass is 16.3. The number of amides is 1. The van der Waals surface area contributed by atoms with Crippen LogP contribution in [0.15, 0.2) is 18.2 Å². The summed E-state index contributed by atoms with van der Waals surface area (Å²) >= 11 is 0. The number of aromatic hydroxyl groups is 1. The molecule has 0 saturated heterocycles. The first-order valence-electron chi connectivity index (χ1n) is 4.33. The second-order valence-corrected chi connectivity index (χ2v) is 3.20. The summed E-state index contributed by atoms with van der Waals surface area (Å²) < 4.78 is 0. The lowest BCUT2D eigenvalue weighted by atomic mass is 10.1. The van der Waals surface area contributed by atoms with Gasteiger partial charge in [0.2, 0.25) is 5.91 Å². The van der Waals surface area contributed by atoms with E-state index in [1.807, 2.05) is 0 Å². The number of fused-ring (bicyclic) bond motifs is 1. The fourth-order valence-corrected chi connectivity index (χ4v) is 1.45. The molecule has 1 aliphatic heterocycles. The van der Waals surface area contributed by atoms with E-state index in [0.29, 0.717) is 11.3 Å². The van der Waals surface area contributed by atoms with E-state index in [9.17, 15) is 14.7 Å². The van der Waals surface area contributed by atoms with E-state index in [1.165, 1.54) is 18.2 Å². The first kappa shape index (κ1) is 8.74. The number of anilines is 1. The molecule has 0 saturated carbocycles. The maximum Gasteiger partial charge on any atom is 0.224 e. The minimum atomic E-state index is -0.164. The van der Waals surface area contributed by atoms with E-state index < -0.39 is 0 Å². The molecule has 1 aromatic rings. The van der Waals surface area contributed by atoms with Crippen LogP contribution in [0.5, 0.6) is 5.75 Å². The summed E-state index contributed by atoms with van der Waals surface area (Å²) in [6, 6.07) is 4.35. The lowest BCUT2D eigenvalue weighted by molar-refractivity contribution is -0.116. The van der Waals surface area contributed by atoms with Crippen LogP contribution in [0.3, 0.4) is 0 Å². The Hall–Kier alpha value is -1.84. The molecule has 0 atom stereocenters. The molecular weight excluding hydrogens is 182 g/mol. The molecule has 0 radical (unpaired) electrons. The molecule has 0 fully saturated rings. The Bertz CT molecular complexity index is 412. The van der Waals surface area contributed by atoms with Crippen LogP contribution in [-0.4, -0.2) is 16.8 Å². The van der Waals surface area contributed by atoms with E-state index in [4.69, 9.17) is 0 Å². The number of ketones is 1. The molecule has 4 nitrogen and oxygen atoms in total. The van der Waals surface area contributed by atoms with Crippen LogP contribution in [0.25, 0.3) is 0 Å². The van der Waals surface area contributed by atoms with Gasteiger partial charge in [0, 0.05) is 18.4 Å². The fourth-order valence-electron chi connectivity index (χ4n) is 1.45. The summed E-state index contributed by atoms with van der Waals surface area (Å²) in [7, 11) is 0. The first-order valence-corrected chi connectivity index (χ1v) is 4.33. The maximum absolute atomic E-state index is 11.5. The van der Waals surface area contributed by atoms with E-state index in [-0.39, 0.29) is 30.3 Å². The lowest BCUT2D eigenvalue weighted by Gasteiger charge is -2.04. The molecular formula is C10H9NO3. The third-order valence-electron chi connectivity index (χ3n) is 2.16. The maximum atomic E-state index is 11.5. The Morgan fingerprint density at radius 3 is 2.79 bits per heavy atom. The Kier molecular flexibility index (Phi) is 1.96. The zero-order chi connectivity index (χ0) is 10.1. The SMILES string of the molecule is O=C1CCC(=O)c2cc(O)ccc2N1. The molecule has 2 rings (SSSR count). The van der Waals surface area contributed by atoms with E-state index in [2.05, 4.69) is 5.32 Å². The molecule has 1 aliphatic rings. The number of nitrogens with one attached hydrogen (secondary N) is 1. The summed E-state index contributed by atoms with van der Waals surface area (Å²) in [5.74, 6) is -0.245. The molecule has 14 heavy (non-hydrogen) atoms. The van der Waals surface area contributed by atoms with Gasteiger partial charge in [0.25, 0.3) is 0 Å². The van der Waals surface area contributed by atoms with Gasteiger partial charge < -0.3 is 10.4 Å². The highest BCUT2D eigenvalue weighted by Crippen LogP contribution is 2.25. The van der Waals surface area contributed by atoms with Gasteiger partial charge in [0.05, 0.1) is 5.69 Å². The normalized spacial score (nSPS) is 15.7. The van der Waals surface area contributed by atoms with Crippen molar-refractivity contribution in [1.29, 1.82) is 0 Å². The van der Waals surface area contributed by atoms with Crippen LogP contribution < -0.4 is 5.32 Å². The Labute approximate surface area is 80.6 Å². The number of rotatable bonds is 0. The van der Waals surface area contributed by atoms with Crippen molar-refractivity contribution in [2.45, 2.75) is 12.8 Å². The van der Waals surface area contributed by atoms with Crippen molar-refractivity contribution in [2.75, 3.05) is 5.32 Å². The van der Waals surface area contributed by atoms with Crippen molar-refractivity contribution in [3.05, 3.63) is 23.8 Å². The van der Waals surface area contributed by atoms with Gasteiger partial charge >= 0.3 is 0 Å². The van der Waals surface area contributed by atoms with Crippen molar-refractivity contribution in [3.63, 3.8) is 0 Å². The van der Waals surface area contributed by atoms with E-state index in [1.54, 1.807) is 0 Å². The van der Waals surface area contributed by atoms with Gasteiger partial charge in [-0.15, -0.1) is 0 Å². The molecule has 0 bridgehead atoms. The second kappa shape index (κ2) is 3.14. The van der Waals surface area contributed by atoms with Crippen LogP contribution in [0.2, 0.25) is 0 Å². The van der Waals surface area contributed by atoms with Crippen molar-refractivity contribution >= 4 is 17.4 Å². The van der Waals surface area contributed by atoms with Crippen molar-refractivity contribution in [1.82, 2.24) is 0 Å². The molecule has 1 aromatic carbocycles. The number of phenols is 1. The quantitative estimate of drug-likeness (QED) is 0.607. The summed E-state index contributed by atoms with van der Waals surface area (Å²) in [5.41, 5.74) is 0.867. The van der Waals surface area contributed by atoms with E-state index >= 15 is 0 Å². The summed E-state index contributed by atoms with van der Waals surface area (Å²) in [6.07, 6.45) is 0.399. The number of Topliss-reactive ketones (excluding diaryl/α,β-unsaturated/α-hetero) is 1. The predicted octanol–water partition coefficient (Wildman–Crippen LogP) is 1.31. The van der Waals surface area contributed by atoms with Gasteiger partial charge in [-0.05, 0) is 18.2 Å². The average Bonchev–Trinajstić information content (AvgIpc) is 2.29. The monoisotopic (exact) mass is 191 g/mol. The summed E-state index contributed by atoms with van der Waals surface area (Å²) in [5, 5.41) is 11.8. The van der Waals surface area contributed by atoms with E-state index in [0.717, 1.165) is 0 Å². The van der Waals surface area contributed by atoms with Gasteiger partial charge in [0.15, 0.2) is 5.78 Å². The third kappa shape index (κ3) is 1.46. The Morgan fingerprint density at radius 1 is 1.21 bits per heavy atom. The zero-order valence-corrected chi connectivity index (χ0v) is 7.41. The topological polar surface area (TPSA) is 66.4 Å². The molecule has 0 spiro atoms. The summed E-state index contributed by atoms with van der Waals surface area (Å²) in [4.78, 5) is 22.7. The minimum absolute atomic E-state index is 0.0354. The van der Waals surface area contributed by atoms with Crippen molar-refractivity contribution < 1.29 is 14.7 Å². The molecule has 0 aliphatic carbocycles. The van der Waals surface area contributed by atoms with Gasteiger partial charge in [0.1, 0.15) is 5.75 Å². The second-order valence-electron chi connectivity index (χ2n) is 3.20. The molecule has 4 heteroatoms. The number of benzene rings is 1. The molecule has 72 valence electrons. The Balaban J connectivity index is 2.52. The fraction of sp³-hybridized carbons (Fsp3) is 0.200. The standard InChI is InChI=1S/C10H9NO3/c12-6-1-2-8-7(5-6)9(13)3-4-10(14)11-8/h1-2,5,12H,3-4H2,(H,11,14). The number of phenolic OH excluding ortho intramolecular Hbond substituents is 1. The lowest BCUT2D eigenvalue weighted by Crippen LogP contribution is -2.08. The smallest absolute Gasteiger partial charge is 0.224 e. The predicted molar refractivity (Wildman–Crippen MR) is 50.3 cm³/mol. The Morgan fingerprint density at radius 2 is 2.00 bits per heavy atom. The van der Waals surface area contributed by atoms with Crippen LogP contribution in [0, 0.1) is 0 Å². The summed E-state index contributed by atoms with van der Waals surface area (Å²) in [6.45, 7) is 0. The minimum Gasteiger partial charge on any atom is -0.508 e. The average molecular weight is 191 g/mol. The zero-order valence-electron chi connectivity index (χ0n) is 7.41. The van der Waals surface area contributed by atoms with Crippen molar-refractivity contribution in [2.24, 2.45) is 0 Å². The van der Waals surface area contributed by atoms with Gasteiger partial charge in [-0.3, -0.25) is 9.59 Å². The third-order valence-corrected chi connectivity index (χ3v) is 2.16. The number of carbonyl (C=O) groups excluding carboxylic acids is 2. The number of hydrogen-bond donors (Lipinski definition) is 2. The van der Waals surface area contributed by atoms with Gasteiger partial charge in [-0.2, -0.15) is 0 Å². The van der Waals surface area contributed by atoms with Gasteiger partial charge in [-0.1, -0.05) is 0 Å².